The first-order valence-corrected chi connectivity index (χ1v) is 8.96. The molecule has 2 aromatic heterocycles. The molecule has 0 radical (unpaired) electrons. The number of hydrogen-bond acceptors (Lipinski definition) is 5. The Morgan fingerprint density at radius 3 is 2.63 bits per heavy atom. The largest absolute Gasteiger partial charge is 0.463 e. The summed E-state index contributed by atoms with van der Waals surface area (Å²) in [4.78, 5) is 21.9. The Bertz CT molecular complexity index is 891. The van der Waals surface area contributed by atoms with Gasteiger partial charge < -0.3 is 19.0 Å². The molecule has 1 amide bonds. The van der Waals surface area contributed by atoms with Crippen LogP contribution in [0.4, 0.5) is 0 Å². The molecule has 6 heteroatoms. The number of furan rings is 1. The van der Waals surface area contributed by atoms with E-state index in [9.17, 15) is 4.79 Å². The van der Waals surface area contributed by atoms with Crippen molar-refractivity contribution >= 4 is 16.8 Å². The molecule has 3 aromatic rings. The summed E-state index contributed by atoms with van der Waals surface area (Å²) < 4.78 is 10.7. The molecule has 6 nitrogen and oxygen atoms in total. The lowest BCUT2D eigenvalue weighted by Gasteiger charge is -2.25. The minimum atomic E-state index is -0.0275. The first-order chi connectivity index (χ1) is 13.1. The summed E-state index contributed by atoms with van der Waals surface area (Å²) in [6, 6.07) is 13.2. The first kappa shape index (κ1) is 19.1. The van der Waals surface area contributed by atoms with Crippen LogP contribution >= 0.6 is 0 Å². The molecule has 1 aromatic carbocycles. The lowest BCUT2D eigenvalue weighted by atomic mass is 10.1. The van der Waals surface area contributed by atoms with Crippen molar-refractivity contribution in [1.82, 2.24) is 14.8 Å². The summed E-state index contributed by atoms with van der Waals surface area (Å²) in [6.45, 7) is 2.44. The number of methoxy groups -OCH3 is 1. The molecular formula is C21H25N3O3. The van der Waals surface area contributed by atoms with Crippen molar-refractivity contribution in [3.63, 3.8) is 0 Å². The van der Waals surface area contributed by atoms with Crippen molar-refractivity contribution in [1.29, 1.82) is 0 Å². The number of carbonyl (C=O) groups excluding carboxylic acids is 1. The molecule has 0 aliphatic heterocycles. The lowest BCUT2D eigenvalue weighted by molar-refractivity contribution is 0.0685. The van der Waals surface area contributed by atoms with Crippen molar-refractivity contribution in [2.45, 2.75) is 0 Å². The van der Waals surface area contributed by atoms with Crippen LogP contribution in [0.25, 0.3) is 22.4 Å². The Kier molecular flexibility index (Phi) is 6.21. The smallest absolute Gasteiger partial charge is 0.254 e. The van der Waals surface area contributed by atoms with E-state index < -0.39 is 0 Å². The molecule has 0 unspecified atom stereocenters. The number of amides is 1. The number of rotatable bonds is 8. The van der Waals surface area contributed by atoms with Gasteiger partial charge in [-0.1, -0.05) is 18.2 Å². The Labute approximate surface area is 159 Å². The third kappa shape index (κ3) is 4.53. The van der Waals surface area contributed by atoms with Crippen molar-refractivity contribution < 1.29 is 13.9 Å². The SMILES string of the molecule is COCCN(CCN(C)C)C(=O)c1cc(-c2ccco2)nc2ccccc12. The molecule has 0 saturated heterocycles. The number of pyridine rings is 1. The van der Waals surface area contributed by atoms with Gasteiger partial charge in [0.2, 0.25) is 0 Å². The second-order valence-corrected chi connectivity index (χ2v) is 6.64. The molecule has 0 aliphatic carbocycles. The predicted molar refractivity (Wildman–Crippen MR) is 106 cm³/mol. The summed E-state index contributed by atoms with van der Waals surface area (Å²) >= 11 is 0. The maximum Gasteiger partial charge on any atom is 0.254 e. The highest BCUT2D eigenvalue weighted by molar-refractivity contribution is 6.07. The number of likely N-dealkylation sites (N-methyl/N-ethyl adjacent to an activating group) is 1. The van der Waals surface area contributed by atoms with Crippen molar-refractivity contribution in [2.75, 3.05) is 47.4 Å². The third-order valence-corrected chi connectivity index (χ3v) is 4.39. The van der Waals surface area contributed by atoms with Gasteiger partial charge in [-0.25, -0.2) is 4.98 Å². The molecular weight excluding hydrogens is 342 g/mol. The molecule has 0 bridgehead atoms. The minimum Gasteiger partial charge on any atom is -0.463 e. The average molecular weight is 367 g/mol. The van der Waals surface area contributed by atoms with E-state index in [2.05, 4.69) is 9.88 Å². The van der Waals surface area contributed by atoms with Crippen LogP contribution in [0, 0.1) is 0 Å². The zero-order valence-electron chi connectivity index (χ0n) is 16.0. The number of hydrogen-bond donors (Lipinski definition) is 0. The fourth-order valence-corrected chi connectivity index (χ4v) is 2.91. The van der Waals surface area contributed by atoms with E-state index in [4.69, 9.17) is 9.15 Å². The number of benzene rings is 1. The van der Waals surface area contributed by atoms with E-state index in [1.54, 1.807) is 13.4 Å². The van der Waals surface area contributed by atoms with Crippen LogP contribution < -0.4 is 0 Å². The van der Waals surface area contributed by atoms with E-state index in [1.165, 1.54) is 0 Å². The van der Waals surface area contributed by atoms with Crippen molar-refractivity contribution in [3.8, 4) is 11.5 Å². The van der Waals surface area contributed by atoms with Crippen LogP contribution in [-0.2, 0) is 4.74 Å². The van der Waals surface area contributed by atoms with Crippen LogP contribution in [-0.4, -0.2) is 68.1 Å². The Hall–Kier alpha value is -2.70. The minimum absolute atomic E-state index is 0.0275. The molecule has 3 rings (SSSR count). The number of para-hydroxylation sites is 1. The van der Waals surface area contributed by atoms with Crippen LogP contribution in [0.5, 0.6) is 0 Å². The molecule has 2 heterocycles. The van der Waals surface area contributed by atoms with Gasteiger partial charge >= 0.3 is 0 Å². The monoisotopic (exact) mass is 367 g/mol. The summed E-state index contributed by atoms with van der Waals surface area (Å²) in [5.74, 6) is 0.617. The molecule has 0 fully saturated rings. The van der Waals surface area contributed by atoms with E-state index in [0.29, 0.717) is 36.7 Å². The van der Waals surface area contributed by atoms with Crippen molar-refractivity contribution in [2.24, 2.45) is 0 Å². The van der Waals surface area contributed by atoms with Crippen LogP contribution in [0.3, 0.4) is 0 Å². The molecule has 0 spiro atoms. The molecule has 0 atom stereocenters. The lowest BCUT2D eigenvalue weighted by Crippen LogP contribution is -2.38. The fraction of sp³-hybridized carbons (Fsp3) is 0.333. The highest BCUT2D eigenvalue weighted by Crippen LogP contribution is 2.26. The summed E-state index contributed by atoms with van der Waals surface area (Å²) in [7, 11) is 5.64. The van der Waals surface area contributed by atoms with Crippen LogP contribution in [0.1, 0.15) is 10.4 Å². The molecule has 142 valence electrons. The highest BCUT2D eigenvalue weighted by Gasteiger charge is 2.20. The molecule has 27 heavy (non-hydrogen) atoms. The standard InChI is InChI=1S/C21H25N3O3/c1-23(2)10-11-24(12-14-26-3)21(25)17-15-19(20-9-6-13-27-20)22-18-8-5-4-7-16(17)18/h4-9,13,15H,10-12,14H2,1-3H3. The summed E-state index contributed by atoms with van der Waals surface area (Å²) in [5.41, 5.74) is 2.05. The fourth-order valence-electron chi connectivity index (χ4n) is 2.91. The van der Waals surface area contributed by atoms with E-state index in [1.807, 2.05) is 61.5 Å². The Morgan fingerprint density at radius 1 is 1.11 bits per heavy atom. The second-order valence-electron chi connectivity index (χ2n) is 6.64. The Morgan fingerprint density at radius 2 is 1.93 bits per heavy atom. The first-order valence-electron chi connectivity index (χ1n) is 8.96. The van der Waals surface area contributed by atoms with Crippen LogP contribution in [0.2, 0.25) is 0 Å². The van der Waals surface area contributed by atoms with E-state index in [0.717, 1.165) is 17.4 Å². The summed E-state index contributed by atoms with van der Waals surface area (Å²) in [6.07, 6.45) is 1.61. The van der Waals surface area contributed by atoms with E-state index in [-0.39, 0.29) is 5.91 Å². The summed E-state index contributed by atoms with van der Waals surface area (Å²) in [5, 5.41) is 0.838. The van der Waals surface area contributed by atoms with Crippen LogP contribution in [0.15, 0.2) is 53.1 Å². The predicted octanol–water partition coefficient (Wildman–Crippen LogP) is 3.15. The zero-order valence-corrected chi connectivity index (χ0v) is 16.0. The van der Waals surface area contributed by atoms with Crippen molar-refractivity contribution in [3.05, 3.63) is 54.3 Å². The maximum absolute atomic E-state index is 13.4. The van der Waals surface area contributed by atoms with E-state index >= 15 is 0 Å². The van der Waals surface area contributed by atoms with Gasteiger partial charge in [-0.15, -0.1) is 0 Å². The second kappa shape index (κ2) is 8.79. The number of carbonyl (C=O) groups is 1. The highest BCUT2D eigenvalue weighted by atomic mass is 16.5. The maximum atomic E-state index is 13.4. The normalized spacial score (nSPS) is 11.3. The number of fused-ring (bicyclic) bond motifs is 1. The van der Waals surface area contributed by atoms with Gasteiger partial charge in [0.15, 0.2) is 5.76 Å². The number of nitrogens with zero attached hydrogens (tertiary/aromatic N) is 3. The average Bonchev–Trinajstić information content (AvgIpc) is 3.21. The van der Waals surface area contributed by atoms with Gasteiger partial charge in [-0.05, 0) is 38.4 Å². The quantitative estimate of drug-likeness (QED) is 0.612. The third-order valence-electron chi connectivity index (χ3n) is 4.39. The van der Waals surface area contributed by atoms with Gasteiger partial charge in [0.1, 0.15) is 5.69 Å². The van der Waals surface area contributed by atoms with Gasteiger partial charge in [-0.3, -0.25) is 4.79 Å². The topological polar surface area (TPSA) is 58.8 Å². The Balaban J connectivity index is 2.02. The molecule has 0 aliphatic rings. The molecule has 0 N–H and O–H groups in total. The molecule has 0 saturated carbocycles. The zero-order chi connectivity index (χ0) is 19.2. The van der Waals surface area contributed by atoms with Gasteiger partial charge in [-0.2, -0.15) is 0 Å². The van der Waals surface area contributed by atoms with Gasteiger partial charge in [0.05, 0.1) is 24.0 Å². The number of aromatic nitrogens is 1. The van der Waals surface area contributed by atoms with Gasteiger partial charge in [0, 0.05) is 32.1 Å². The van der Waals surface area contributed by atoms with Gasteiger partial charge in [0.25, 0.3) is 5.91 Å². The number of ether oxygens (including phenoxy) is 1.